The first-order valence-electron chi connectivity index (χ1n) is 6.02. The number of rotatable bonds is 7. The highest BCUT2D eigenvalue weighted by Gasteiger charge is 2.06. The molecule has 0 heterocycles. The molecule has 0 unspecified atom stereocenters. The van der Waals surface area contributed by atoms with Crippen LogP contribution in [0.2, 0.25) is 0 Å². The average Bonchev–Trinajstić information content (AvgIpc) is 2.38. The van der Waals surface area contributed by atoms with Gasteiger partial charge in [0.2, 0.25) is 5.91 Å². The van der Waals surface area contributed by atoms with E-state index < -0.39 is 5.97 Å². The van der Waals surface area contributed by atoms with E-state index >= 15 is 0 Å². The fourth-order valence-corrected chi connectivity index (χ4v) is 1.29. The molecule has 0 aliphatic carbocycles. The molecule has 1 aromatic carbocycles. The lowest BCUT2D eigenvalue weighted by atomic mass is 10.3. The Bertz CT molecular complexity index is 417. The number of carbonyl (C=O) groups excluding carboxylic acids is 2. The van der Waals surface area contributed by atoms with Gasteiger partial charge in [-0.2, -0.15) is 0 Å². The van der Waals surface area contributed by atoms with Crippen molar-refractivity contribution in [2.24, 2.45) is 0 Å². The number of carbonyl (C=O) groups is 2. The minimum atomic E-state index is -0.513. The van der Waals surface area contributed by atoms with Gasteiger partial charge >= 0.3 is 5.97 Å². The second kappa shape index (κ2) is 7.97. The van der Waals surface area contributed by atoms with Gasteiger partial charge in [0.25, 0.3) is 0 Å². The molecule has 0 fully saturated rings. The first-order chi connectivity index (χ1) is 9.11. The van der Waals surface area contributed by atoms with Crippen LogP contribution in [0.1, 0.15) is 13.3 Å². The van der Waals surface area contributed by atoms with Crippen LogP contribution < -0.4 is 15.8 Å². The van der Waals surface area contributed by atoms with Crippen LogP contribution in [0.3, 0.4) is 0 Å². The van der Waals surface area contributed by atoms with Crippen molar-refractivity contribution in [1.29, 1.82) is 0 Å². The normalized spacial score (nSPS) is 9.74. The summed E-state index contributed by atoms with van der Waals surface area (Å²) in [5.41, 5.74) is 6.14. The van der Waals surface area contributed by atoms with Crippen molar-refractivity contribution in [3.63, 3.8) is 0 Å². The van der Waals surface area contributed by atoms with Crippen molar-refractivity contribution < 1.29 is 19.1 Å². The van der Waals surface area contributed by atoms with E-state index in [2.05, 4.69) is 5.32 Å². The first-order valence-corrected chi connectivity index (χ1v) is 6.02. The summed E-state index contributed by atoms with van der Waals surface area (Å²) in [6, 6.07) is 6.68. The molecule has 0 saturated carbocycles. The zero-order chi connectivity index (χ0) is 14.1. The molecule has 1 rings (SSSR count). The third-order valence-corrected chi connectivity index (χ3v) is 2.20. The summed E-state index contributed by atoms with van der Waals surface area (Å²) in [4.78, 5) is 22.4. The van der Waals surface area contributed by atoms with E-state index in [1.165, 1.54) is 0 Å². The Hall–Kier alpha value is -2.24. The van der Waals surface area contributed by atoms with Crippen molar-refractivity contribution in [3.8, 4) is 5.75 Å². The van der Waals surface area contributed by atoms with E-state index in [0.29, 0.717) is 18.0 Å². The third-order valence-electron chi connectivity index (χ3n) is 2.20. The van der Waals surface area contributed by atoms with Crippen LogP contribution in [-0.4, -0.2) is 31.6 Å². The second-order valence-corrected chi connectivity index (χ2v) is 3.78. The summed E-state index contributed by atoms with van der Waals surface area (Å²) < 4.78 is 10.1. The number of benzene rings is 1. The molecule has 0 aliphatic rings. The Morgan fingerprint density at radius 1 is 1.26 bits per heavy atom. The van der Waals surface area contributed by atoms with Crippen LogP contribution in [0.4, 0.5) is 5.69 Å². The minimum absolute atomic E-state index is 0.0514. The minimum Gasteiger partial charge on any atom is -0.482 e. The molecular weight excluding hydrogens is 248 g/mol. The van der Waals surface area contributed by atoms with Crippen molar-refractivity contribution in [1.82, 2.24) is 5.32 Å². The summed E-state index contributed by atoms with van der Waals surface area (Å²) in [5, 5.41) is 2.61. The molecule has 0 radical (unpaired) electrons. The van der Waals surface area contributed by atoms with Gasteiger partial charge in [-0.15, -0.1) is 0 Å². The highest BCUT2D eigenvalue weighted by Crippen LogP contribution is 2.12. The highest BCUT2D eigenvalue weighted by molar-refractivity contribution is 5.76. The van der Waals surface area contributed by atoms with Gasteiger partial charge in [-0.1, -0.05) is 0 Å². The van der Waals surface area contributed by atoms with Gasteiger partial charge in [0, 0.05) is 12.2 Å². The molecule has 0 spiro atoms. The molecule has 1 amide bonds. The smallest absolute Gasteiger partial charge is 0.344 e. The van der Waals surface area contributed by atoms with Gasteiger partial charge in [-0.05, 0) is 31.2 Å². The fourth-order valence-electron chi connectivity index (χ4n) is 1.29. The number of hydrogen-bond acceptors (Lipinski definition) is 5. The number of ether oxygens (including phenoxy) is 2. The lowest BCUT2D eigenvalue weighted by Crippen LogP contribution is -2.25. The summed E-state index contributed by atoms with van der Waals surface area (Å²) in [5.74, 6) is -0.120. The van der Waals surface area contributed by atoms with Crippen LogP contribution in [0, 0.1) is 0 Å². The molecule has 0 bridgehead atoms. The van der Waals surface area contributed by atoms with Gasteiger partial charge in [0.15, 0.2) is 6.61 Å². The quantitative estimate of drug-likeness (QED) is 0.560. The standard InChI is InChI=1S/C13H18N2O4/c1-2-15-12(16)7-8-18-13(17)9-19-11-5-3-10(14)4-6-11/h3-6H,2,7-9,14H2,1H3,(H,15,16). The zero-order valence-electron chi connectivity index (χ0n) is 10.8. The predicted molar refractivity (Wildman–Crippen MR) is 70.6 cm³/mol. The molecule has 3 N–H and O–H groups in total. The molecular formula is C13H18N2O4. The van der Waals surface area contributed by atoms with Crippen LogP contribution in [-0.2, 0) is 14.3 Å². The van der Waals surface area contributed by atoms with Crippen molar-refractivity contribution in [2.45, 2.75) is 13.3 Å². The van der Waals surface area contributed by atoms with Crippen LogP contribution >= 0.6 is 0 Å². The van der Waals surface area contributed by atoms with Crippen LogP contribution in [0.25, 0.3) is 0 Å². The Morgan fingerprint density at radius 2 is 1.95 bits per heavy atom. The van der Waals surface area contributed by atoms with Crippen LogP contribution in [0.5, 0.6) is 5.75 Å². The maximum absolute atomic E-state index is 11.3. The number of anilines is 1. The molecule has 0 aromatic heterocycles. The van der Waals surface area contributed by atoms with Gasteiger partial charge in [0.1, 0.15) is 12.4 Å². The molecule has 19 heavy (non-hydrogen) atoms. The van der Waals surface area contributed by atoms with Crippen molar-refractivity contribution in [3.05, 3.63) is 24.3 Å². The Balaban J connectivity index is 2.17. The highest BCUT2D eigenvalue weighted by atomic mass is 16.6. The SMILES string of the molecule is CCNC(=O)CCOC(=O)COc1ccc(N)cc1. The largest absolute Gasteiger partial charge is 0.482 e. The monoisotopic (exact) mass is 266 g/mol. The van der Waals surface area contributed by atoms with E-state index in [4.69, 9.17) is 15.2 Å². The summed E-state index contributed by atoms with van der Waals surface area (Å²) in [6.45, 7) is 2.24. The molecule has 1 aromatic rings. The van der Waals surface area contributed by atoms with Crippen molar-refractivity contribution in [2.75, 3.05) is 25.5 Å². The summed E-state index contributed by atoms with van der Waals surface area (Å²) >= 11 is 0. The molecule has 6 nitrogen and oxygen atoms in total. The number of nitrogens with one attached hydrogen (secondary N) is 1. The maximum atomic E-state index is 11.3. The second-order valence-electron chi connectivity index (χ2n) is 3.78. The van der Waals surface area contributed by atoms with Crippen LogP contribution in [0.15, 0.2) is 24.3 Å². The Morgan fingerprint density at radius 3 is 2.58 bits per heavy atom. The van der Waals surface area contributed by atoms with Gasteiger partial charge in [-0.3, -0.25) is 4.79 Å². The lowest BCUT2D eigenvalue weighted by Gasteiger charge is -2.07. The molecule has 0 saturated heterocycles. The summed E-state index contributed by atoms with van der Waals surface area (Å²) in [7, 11) is 0. The van der Waals surface area contributed by atoms with E-state index in [1.807, 2.05) is 6.92 Å². The predicted octanol–water partition coefficient (Wildman–Crippen LogP) is 0.717. The lowest BCUT2D eigenvalue weighted by molar-refractivity contribution is -0.146. The van der Waals surface area contributed by atoms with Crippen molar-refractivity contribution >= 4 is 17.6 Å². The molecule has 6 heteroatoms. The zero-order valence-corrected chi connectivity index (χ0v) is 10.8. The Labute approximate surface area is 111 Å². The number of hydrogen-bond donors (Lipinski definition) is 2. The molecule has 0 aliphatic heterocycles. The summed E-state index contributed by atoms with van der Waals surface area (Å²) in [6.07, 6.45) is 0.154. The van der Waals surface area contributed by atoms with E-state index in [0.717, 1.165) is 0 Å². The maximum Gasteiger partial charge on any atom is 0.344 e. The van der Waals surface area contributed by atoms with Gasteiger partial charge in [-0.25, -0.2) is 4.79 Å². The Kier molecular flexibility index (Phi) is 6.21. The fraction of sp³-hybridized carbons (Fsp3) is 0.385. The number of nitrogens with two attached hydrogens (primary N) is 1. The topological polar surface area (TPSA) is 90.6 Å². The van der Waals surface area contributed by atoms with E-state index in [-0.39, 0.29) is 25.5 Å². The first kappa shape index (κ1) is 14.8. The third kappa shape index (κ3) is 6.30. The van der Waals surface area contributed by atoms with Gasteiger partial charge in [0.05, 0.1) is 6.42 Å². The molecule has 104 valence electrons. The molecule has 0 atom stereocenters. The number of esters is 1. The number of amides is 1. The average molecular weight is 266 g/mol. The van der Waals surface area contributed by atoms with E-state index in [9.17, 15) is 9.59 Å². The number of nitrogen functional groups attached to an aromatic ring is 1. The van der Waals surface area contributed by atoms with E-state index in [1.54, 1.807) is 24.3 Å². The van der Waals surface area contributed by atoms with Gasteiger partial charge < -0.3 is 20.5 Å².